The molecule has 3 fully saturated rings. The number of nitrogens with zero attached hydrogens (tertiary/aromatic N) is 3. The fourth-order valence-electron chi connectivity index (χ4n) is 3.84. The van der Waals surface area contributed by atoms with Crippen LogP contribution in [0.25, 0.3) is 0 Å². The average Bonchev–Trinajstić information content (AvgIpc) is 2.78. The van der Waals surface area contributed by atoms with E-state index < -0.39 is 6.04 Å². The van der Waals surface area contributed by atoms with Crippen LogP contribution in [0.3, 0.4) is 0 Å². The third-order valence-electron chi connectivity index (χ3n) is 5.04. The van der Waals surface area contributed by atoms with Gasteiger partial charge in [0.05, 0.1) is 19.8 Å². The number of fused-ring (bicyclic) bond motifs is 2. The van der Waals surface area contributed by atoms with Crippen LogP contribution in [0.15, 0.2) is 0 Å². The first-order valence-corrected chi connectivity index (χ1v) is 8.34. The smallest absolute Gasteiger partial charge is 0.309 e. The summed E-state index contributed by atoms with van der Waals surface area (Å²) < 4.78 is 0. The minimum atomic E-state index is -0.465. The second-order valence-electron chi connectivity index (χ2n) is 6.74. The molecule has 3 aliphatic rings. The van der Waals surface area contributed by atoms with E-state index in [4.69, 9.17) is 9.68 Å². The normalized spacial score (nSPS) is 31.6. The number of likely N-dealkylation sites (tertiary alicyclic amines) is 1. The van der Waals surface area contributed by atoms with Crippen molar-refractivity contribution in [2.75, 3.05) is 40.4 Å². The second-order valence-corrected chi connectivity index (χ2v) is 6.74. The molecular formula is C15H26N4O4. The van der Waals surface area contributed by atoms with E-state index in [1.165, 1.54) is 12.2 Å². The predicted molar refractivity (Wildman–Crippen MR) is 82.1 cm³/mol. The summed E-state index contributed by atoms with van der Waals surface area (Å²) in [6.45, 7) is 3.18. The molecule has 3 rings (SSSR count). The summed E-state index contributed by atoms with van der Waals surface area (Å²) >= 11 is 0. The highest BCUT2D eigenvalue weighted by atomic mass is 16.7. The molecule has 3 atom stereocenters. The number of carbonyl (C=O) groups is 2. The monoisotopic (exact) mass is 326 g/mol. The minimum absolute atomic E-state index is 0.0512. The van der Waals surface area contributed by atoms with Crippen LogP contribution in [0.1, 0.15) is 25.7 Å². The summed E-state index contributed by atoms with van der Waals surface area (Å²) in [6.07, 6.45) is 3.69. The van der Waals surface area contributed by atoms with Gasteiger partial charge in [0.2, 0.25) is 0 Å². The molecule has 0 aromatic heterocycles. The summed E-state index contributed by atoms with van der Waals surface area (Å²) in [5.74, 6) is 0.209. The molecule has 2 bridgehead atoms. The number of urea groups is 1. The lowest BCUT2D eigenvalue weighted by Crippen LogP contribution is -2.50. The number of amides is 3. The zero-order chi connectivity index (χ0) is 16.4. The molecule has 8 nitrogen and oxygen atoms in total. The van der Waals surface area contributed by atoms with Crippen molar-refractivity contribution in [2.45, 2.75) is 37.8 Å². The Balaban J connectivity index is 1.46. The molecule has 3 saturated heterocycles. The molecule has 130 valence electrons. The van der Waals surface area contributed by atoms with Crippen LogP contribution in [0.5, 0.6) is 0 Å². The number of carbonyl (C=O) groups excluding carboxylic acids is 2. The fraction of sp³-hybridized carbons (Fsp3) is 0.867. The fourth-order valence-corrected chi connectivity index (χ4v) is 3.84. The van der Waals surface area contributed by atoms with Crippen LogP contribution >= 0.6 is 0 Å². The third kappa shape index (κ3) is 3.44. The number of hydroxylamine groups is 3. The van der Waals surface area contributed by atoms with Crippen LogP contribution in [0.4, 0.5) is 4.79 Å². The van der Waals surface area contributed by atoms with E-state index in [9.17, 15) is 9.59 Å². The number of hydrogen-bond donors (Lipinski definition) is 1. The molecule has 0 aromatic carbocycles. The first kappa shape index (κ1) is 16.5. The van der Waals surface area contributed by atoms with E-state index in [-0.39, 0.29) is 18.0 Å². The van der Waals surface area contributed by atoms with Gasteiger partial charge in [-0.2, -0.15) is 5.06 Å². The average molecular weight is 326 g/mol. The van der Waals surface area contributed by atoms with Crippen molar-refractivity contribution in [1.82, 2.24) is 20.3 Å². The van der Waals surface area contributed by atoms with Crippen molar-refractivity contribution in [3.05, 3.63) is 0 Å². The predicted octanol–water partition coefficient (Wildman–Crippen LogP) is 0.206. The van der Waals surface area contributed by atoms with Gasteiger partial charge < -0.3 is 9.80 Å². The van der Waals surface area contributed by atoms with Gasteiger partial charge in [0.1, 0.15) is 6.04 Å². The van der Waals surface area contributed by atoms with Gasteiger partial charge in [-0.3, -0.25) is 14.5 Å². The molecule has 8 heteroatoms. The van der Waals surface area contributed by atoms with Crippen LogP contribution in [0, 0.1) is 5.92 Å². The largest absolute Gasteiger partial charge is 0.345 e. The maximum atomic E-state index is 12.3. The molecule has 1 N–H and O–H groups in total. The van der Waals surface area contributed by atoms with Gasteiger partial charge in [0, 0.05) is 13.1 Å². The number of rotatable bonds is 5. The second kappa shape index (κ2) is 7.02. The third-order valence-corrected chi connectivity index (χ3v) is 5.04. The summed E-state index contributed by atoms with van der Waals surface area (Å²) in [5.41, 5.74) is 2.54. The van der Waals surface area contributed by atoms with Gasteiger partial charge in [0.25, 0.3) is 5.91 Å². The van der Waals surface area contributed by atoms with Crippen molar-refractivity contribution >= 4 is 11.9 Å². The zero-order valence-corrected chi connectivity index (χ0v) is 13.9. The van der Waals surface area contributed by atoms with E-state index >= 15 is 0 Å². The molecule has 3 amide bonds. The highest BCUT2D eigenvalue weighted by Gasteiger charge is 2.47. The van der Waals surface area contributed by atoms with Gasteiger partial charge in [0.15, 0.2) is 0 Å². The molecule has 0 unspecified atom stereocenters. The lowest BCUT2D eigenvalue weighted by atomic mass is 10.00. The van der Waals surface area contributed by atoms with E-state index in [1.807, 2.05) is 0 Å². The molecule has 23 heavy (non-hydrogen) atoms. The molecule has 0 aliphatic carbocycles. The van der Waals surface area contributed by atoms with Crippen LogP contribution in [-0.4, -0.2) is 79.3 Å². The van der Waals surface area contributed by atoms with E-state index in [1.54, 1.807) is 4.90 Å². The number of hydrogen-bond acceptors (Lipinski definition) is 5. The van der Waals surface area contributed by atoms with E-state index in [0.29, 0.717) is 25.5 Å². The Labute approximate surface area is 136 Å². The quantitative estimate of drug-likeness (QED) is 0.731. The van der Waals surface area contributed by atoms with Gasteiger partial charge in [-0.1, -0.05) is 0 Å². The van der Waals surface area contributed by atoms with Gasteiger partial charge in [-0.25, -0.2) is 10.3 Å². The summed E-state index contributed by atoms with van der Waals surface area (Å²) in [7, 11) is 3.59. The molecule has 0 radical (unpaired) electrons. The van der Waals surface area contributed by atoms with Gasteiger partial charge >= 0.3 is 6.03 Å². The Kier molecular flexibility index (Phi) is 5.03. The highest BCUT2D eigenvalue weighted by Crippen LogP contribution is 2.29. The van der Waals surface area contributed by atoms with Crippen LogP contribution < -0.4 is 5.48 Å². The standard InChI is InChI=1S/C15H26N4O4/c1-17-7-3-4-11(8-17)10-23-16-14(20)13-6-5-12-9-18(13)15(21)19(12)22-2/h11-13H,3-10H2,1-2H3,(H,16,20)/t11-,12-,13+/m1/s1. The van der Waals surface area contributed by atoms with Crippen molar-refractivity contribution in [1.29, 1.82) is 0 Å². The Bertz CT molecular complexity index is 461. The van der Waals surface area contributed by atoms with Gasteiger partial charge in [-0.15, -0.1) is 0 Å². The number of piperidine rings is 2. The van der Waals surface area contributed by atoms with Gasteiger partial charge in [-0.05, 0) is 45.2 Å². The molecule has 0 spiro atoms. The summed E-state index contributed by atoms with van der Waals surface area (Å²) in [6, 6.07) is -0.646. The Morgan fingerprint density at radius 1 is 1.30 bits per heavy atom. The first-order chi connectivity index (χ1) is 11.1. The number of nitrogens with one attached hydrogen (secondary N) is 1. The Morgan fingerprint density at radius 2 is 2.13 bits per heavy atom. The zero-order valence-electron chi connectivity index (χ0n) is 13.9. The molecule has 0 aromatic rings. The van der Waals surface area contributed by atoms with E-state index in [0.717, 1.165) is 32.4 Å². The molecular weight excluding hydrogens is 300 g/mol. The first-order valence-electron chi connectivity index (χ1n) is 8.34. The topological polar surface area (TPSA) is 74.3 Å². The maximum absolute atomic E-state index is 12.3. The van der Waals surface area contributed by atoms with Crippen molar-refractivity contribution in [2.24, 2.45) is 5.92 Å². The van der Waals surface area contributed by atoms with Crippen molar-refractivity contribution in [3.8, 4) is 0 Å². The summed E-state index contributed by atoms with van der Waals surface area (Å²) in [4.78, 5) is 38.9. The minimum Gasteiger partial charge on any atom is -0.309 e. The maximum Gasteiger partial charge on any atom is 0.345 e. The van der Waals surface area contributed by atoms with Crippen molar-refractivity contribution in [3.63, 3.8) is 0 Å². The van der Waals surface area contributed by atoms with Crippen LogP contribution in [-0.2, 0) is 14.5 Å². The van der Waals surface area contributed by atoms with Crippen LogP contribution in [0.2, 0.25) is 0 Å². The Hall–Kier alpha value is -1.38. The lowest BCUT2D eigenvalue weighted by Gasteiger charge is -2.30. The SMILES string of the molecule is CON1C(=O)N2C[C@H]1CC[C@H]2C(=O)NOC[C@@H]1CCCN(C)C1. The summed E-state index contributed by atoms with van der Waals surface area (Å²) in [5, 5.41) is 1.37. The lowest BCUT2D eigenvalue weighted by molar-refractivity contribution is -0.140. The molecule has 0 saturated carbocycles. The molecule has 3 heterocycles. The Morgan fingerprint density at radius 3 is 2.87 bits per heavy atom. The highest BCUT2D eigenvalue weighted by molar-refractivity contribution is 5.87. The van der Waals surface area contributed by atoms with E-state index in [2.05, 4.69) is 17.4 Å². The molecule has 3 aliphatic heterocycles. The van der Waals surface area contributed by atoms with Crippen molar-refractivity contribution < 1.29 is 19.3 Å².